The van der Waals surface area contributed by atoms with Crippen LogP contribution >= 0.6 is 24.2 Å². The Kier molecular flexibility index (Phi) is 7.26. The van der Waals surface area contributed by atoms with Crippen LogP contribution in [-0.4, -0.2) is 42.7 Å². The number of thioether (sulfide) groups is 1. The first-order valence-electron chi connectivity index (χ1n) is 11.2. The largest absolute Gasteiger partial charge is 0.396 e. The molecular formula is C24H30ClN7S. The second-order valence-electron chi connectivity index (χ2n) is 8.61. The lowest BCUT2D eigenvalue weighted by atomic mass is 10.0. The summed E-state index contributed by atoms with van der Waals surface area (Å²) in [5.41, 5.74) is 12.3. The number of imidazole rings is 1. The predicted molar refractivity (Wildman–Crippen MR) is 137 cm³/mol. The van der Waals surface area contributed by atoms with Gasteiger partial charge in [0, 0.05) is 30.6 Å². The van der Waals surface area contributed by atoms with Crippen LogP contribution in [0.1, 0.15) is 49.6 Å². The van der Waals surface area contributed by atoms with Gasteiger partial charge in [0.15, 0.2) is 5.65 Å². The van der Waals surface area contributed by atoms with Gasteiger partial charge in [-0.25, -0.2) is 14.2 Å². The fraction of sp³-hybridized carbons (Fsp3) is 0.375. The van der Waals surface area contributed by atoms with Gasteiger partial charge >= 0.3 is 0 Å². The van der Waals surface area contributed by atoms with Gasteiger partial charge in [-0.05, 0) is 49.1 Å². The molecule has 1 atom stereocenters. The van der Waals surface area contributed by atoms with E-state index >= 15 is 0 Å². The predicted octanol–water partition coefficient (Wildman–Crippen LogP) is 4.48. The van der Waals surface area contributed by atoms with Crippen molar-refractivity contribution in [3.8, 4) is 5.69 Å². The quantitative estimate of drug-likeness (QED) is 0.420. The van der Waals surface area contributed by atoms with Crippen molar-refractivity contribution in [2.75, 3.05) is 18.8 Å². The van der Waals surface area contributed by atoms with Crippen LogP contribution in [0.3, 0.4) is 0 Å². The molecule has 4 heterocycles. The summed E-state index contributed by atoms with van der Waals surface area (Å²) in [5.74, 6) is 0.264. The van der Waals surface area contributed by atoms with Crippen molar-refractivity contribution in [1.29, 1.82) is 0 Å². The Labute approximate surface area is 204 Å². The minimum Gasteiger partial charge on any atom is -0.396 e. The lowest BCUT2D eigenvalue weighted by Crippen LogP contribution is -2.31. The van der Waals surface area contributed by atoms with Gasteiger partial charge in [-0.1, -0.05) is 43.8 Å². The van der Waals surface area contributed by atoms with Gasteiger partial charge in [-0.2, -0.15) is 10.2 Å². The Balaban J connectivity index is 0.00000259. The number of rotatable bonds is 6. The van der Waals surface area contributed by atoms with E-state index < -0.39 is 0 Å². The zero-order valence-electron chi connectivity index (χ0n) is 18.9. The number of hydrogen-bond acceptors (Lipinski definition) is 6. The summed E-state index contributed by atoms with van der Waals surface area (Å²) in [4.78, 5) is 4.96. The molecule has 1 saturated heterocycles. The van der Waals surface area contributed by atoms with Crippen LogP contribution in [0.5, 0.6) is 0 Å². The van der Waals surface area contributed by atoms with Crippen LogP contribution in [0.4, 0.5) is 5.69 Å². The van der Waals surface area contributed by atoms with Gasteiger partial charge in [0.05, 0.1) is 22.8 Å². The van der Waals surface area contributed by atoms with Gasteiger partial charge in [-0.3, -0.25) is 0 Å². The Hall–Kier alpha value is -2.55. The monoisotopic (exact) mass is 483 g/mol. The molecule has 5 rings (SSSR count). The number of nitrogens with two attached hydrogens (primary N) is 1. The molecule has 9 heteroatoms. The van der Waals surface area contributed by atoms with Crippen LogP contribution in [0, 0.1) is 0 Å². The number of halogens is 1. The van der Waals surface area contributed by atoms with Crippen LogP contribution in [-0.2, 0) is 6.42 Å². The maximum absolute atomic E-state index is 6.48. The van der Waals surface area contributed by atoms with E-state index in [0.29, 0.717) is 17.4 Å². The van der Waals surface area contributed by atoms with E-state index in [0.717, 1.165) is 40.8 Å². The number of nitrogen functional groups attached to an aromatic ring is 1. The van der Waals surface area contributed by atoms with Crippen LogP contribution < -0.4 is 11.1 Å². The number of aromatic nitrogens is 5. The maximum atomic E-state index is 6.48. The van der Waals surface area contributed by atoms with E-state index in [9.17, 15) is 0 Å². The van der Waals surface area contributed by atoms with E-state index in [4.69, 9.17) is 15.8 Å². The third-order valence-electron chi connectivity index (χ3n) is 5.89. The minimum absolute atomic E-state index is 0. The zero-order valence-corrected chi connectivity index (χ0v) is 20.6. The van der Waals surface area contributed by atoms with Crippen molar-refractivity contribution in [1.82, 2.24) is 29.7 Å². The third kappa shape index (κ3) is 4.88. The Morgan fingerprint density at radius 2 is 2.09 bits per heavy atom. The summed E-state index contributed by atoms with van der Waals surface area (Å²) in [6.45, 7) is 6.50. The van der Waals surface area contributed by atoms with Crippen molar-refractivity contribution >= 4 is 35.5 Å². The molecule has 0 radical (unpaired) electrons. The summed E-state index contributed by atoms with van der Waals surface area (Å²) in [6, 6.07) is 12.2. The van der Waals surface area contributed by atoms with E-state index in [-0.39, 0.29) is 18.3 Å². The van der Waals surface area contributed by atoms with Crippen molar-refractivity contribution in [2.45, 2.75) is 49.3 Å². The summed E-state index contributed by atoms with van der Waals surface area (Å²) in [7, 11) is 0. The summed E-state index contributed by atoms with van der Waals surface area (Å²) in [6.07, 6.45) is 6.87. The van der Waals surface area contributed by atoms with E-state index in [1.165, 1.54) is 18.4 Å². The number of benzene rings is 1. The van der Waals surface area contributed by atoms with Gasteiger partial charge in [0.2, 0.25) is 0 Å². The highest BCUT2D eigenvalue weighted by molar-refractivity contribution is 7.99. The lowest BCUT2D eigenvalue weighted by Gasteiger charge is -2.21. The molecule has 1 aliphatic rings. The fourth-order valence-corrected chi connectivity index (χ4v) is 5.57. The zero-order chi connectivity index (χ0) is 22.1. The molecule has 1 fully saturated rings. The number of para-hydroxylation sites is 1. The number of anilines is 1. The van der Waals surface area contributed by atoms with Gasteiger partial charge in [0.25, 0.3) is 0 Å². The Morgan fingerprint density at radius 1 is 1.24 bits per heavy atom. The third-order valence-corrected chi connectivity index (χ3v) is 7.06. The number of fused-ring (bicyclic) bond motifs is 1. The topological polar surface area (TPSA) is 86.1 Å². The van der Waals surface area contributed by atoms with E-state index in [1.807, 2.05) is 45.4 Å². The number of nitrogens with zero attached hydrogens (tertiary/aromatic N) is 5. The maximum Gasteiger partial charge on any atom is 0.177 e. The fourth-order valence-electron chi connectivity index (χ4n) is 4.41. The summed E-state index contributed by atoms with van der Waals surface area (Å²) < 4.78 is 3.88. The average molecular weight is 484 g/mol. The Bertz CT molecular complexity index is 1210. The molecule has 0 aliphatic carbocycles. The van der Waals surface area contributed by atoms with Gasteiger partial charge < -0.3 is 11.1 Å². The summed E-state index contributed by atoms with van der Waals surface area (Å²) >= 11 is 1.81. The highest BCUT2D eigenvalue weighted by atomic mass is 35.5. The Morgan fingerprint density at radius 3 is 2.82 bits per heavy atom. The first-order chi connectivity index (χ1) is 15.6. The molecule has 1 unspecified atom stereocenters. The highest BCUT2D eigenvalue weighted by Crippen LogP contribution is 2.31. The second kappa shape index (κ2) is 10.2. The smallest absolute Gasteiger partial charge is 0.177 e. The number of nitrogens with one attached hydrogen (secondary N) is 1. The van der Waals surface area contributed by atoms with Crippen LogP contribution in [0.15, 0.2) is 53.8 Å². The van der Waals surface area contributed by atoms with Crippen molar-refractivity contribution in [2.24, 2.45) is 0 Å². The molecule has 0 bridgehead atoms. The first-order valence-corrected chi connectivity index (χ1v) is 12.1. The van der Waals surface area contributed by atoms with Crippen molar-refractivity contribution < 1.29 is 0 Å². The molecule has 33 heavy (non-hydrogen) atoms. The standard InChI is InChI=1S/C24H29N7S.ClH/c1-16(2)23-20(13-17-7-3-4-9-21(17)30-12-6-11-27-30)28-24-19(25)14-22(29-31(23)24)32-18-8-5-10-26-15-18;/h3-4,6-7,9,11-12,14,16,18,26H,5,8,10,13,15,25H2,1-2H3;1H. The molecule has 3 aromatic heterocycles. The lowest BCUT2D eigenvalue weighted by molar-refractivity contribution is 0.531. The van der Waals surface area contributed by atoms with Crippen molar-refractivity contribution in [3.05, 3.63) is 65.7 Å². The molecule has 1 aliphatic heterocycles. The normalized spacial score (nSPS) is 16.3. The van der Waals surface area contributed by atoms with Crippen molar-refractivity contribution in [3.63, 3.8) is 0 Å². The van der Waals surface area contributed by atoms with Crippen LogP contribution in [0.25, 0.3) is 11.3 Å². The molecule has 4 aromatic rings. The first kappa shape index (κ1) is 23.6. The highest BCUT2D eigenvalue weighted by Gasteiger charge is 2.22. The molecule has 7 nitrogen and oxygen atoms in total. The van der Waals surface area contributed by atoms with E-state index in [1.54, 1.807) is 6.20 Å². The molecule has 3 N–H and O–H groups in total. The van der Waals surface area contributed by atoms with Gasteiger partial charge in [0.1, 0.15) is 5.03 Å². The minimum atomic E-state index is 0. The van der Waals surface area contributed by atoms with Gasteiger partial charge in [-0.15, -0.1) is 12.4 Å². The molecule has 1 aromatic carbocycles. The number of piperidine rings is 1. The second-order valence-corrected chi connectivity index (χ2v) is 9.93. The van der Waals surface area contributed by atoms with E-state index in [2.05, 4.69) is 42.5 Å². The number of hydrogen-bond donors (Lipinski definition) is 2. The SMILES string of the molecule is CC(C)c1c(Cc2ccccc2-n2cccn2)nc2c(N)cc(SC3CCCNC3)nn12.Cl. The molecule has 0 spiro atoms. The molecule has 174 valence electrons. The average Bonchev–Trinajstić information content (AvgIpc) is 3.43. The molecule has 0 saturated carbocycles. The molecule has 0 amide bonds. The summed E-state index contributed by atoms with van der Waals surface area (Å²) in [5, 5.41) is 14.4. The van der Waals surface area contributed by atoms with Crippen LogP contribution in [0.2, 0.25) is 0 Å². The molecular weight excluding hydrogens is 454 g/mol.